The second kappa shape index (κ2) is 1.85. The Balaban J connectivity index is 2.18. The molecular formula is C4H8OS. The highest BCUT2D eigenvalue weighted by atomic mass is 32.2. The van der Waals surface area contributed by atoms with Crippen LogP contribution in [-0.4, -0.2) is 22.7 Å². The van der Waals surface area contributed by atoms with Crippen molar-refractivity contribution in [1.29, 1.82) is 0 Å². The standard InChI is InChI=1S/C4H8OS/c5-4-1-2-6-3-4/h4-5H,1-3H2. The van der Waals surface area contributed by atoms with E-state index in [1.807, 2.05) is 11.8 Å². The summed E-state index contributed by atoms with van der Waals surface area (Å²) in [5, 5.41) is 8.71. The van der Waals surface area contributed by atoms with Crippen molar-refractivity contribution in [3.05, 3.63) is 0 Å². The average molecular weight is 104 g/mol. The molecule has 1 nitrogen and oxygen atoms in total. The maximum atomic E-state index is 8.71. The number of aliphatic hydroxyl groups excluding tert-OH is 1. The molecule has 1 fully saturated rings. The lowest BCUT2D eigenvalue weighted by Crippen LogP contribution is -2.00. The first kappa shape index (κ1) is 4.47. The Morgan fingerprint density at radius 1 is 1.67 bits per heavy atom. The predicted octanol–water partition coefficient (Wildman–Crippen LogP) is 0.484. The van der Waals surface area contributed by atoms with Crippen LogP contribution < -0.4 is 0 Å². The first-order valence-electron chi connectivity index (χ1n) is 2.15. The fourth-order valence-electron chi connectivity index (χ4n) is 0.522. The van der Waals surface area contributed by atoms with Gasteiger partial charge in [-0.3, -0.25) is 0 Å². The lowest BCUT2D eigenvalue weighted by Gasteiger charge is -1.90. The highest BCUT2D eigenvalue weighted by molar-refractivity contribution is 7.99. The molecule has 0 aromatic carbocycles. The lowest BCUT2D eigenvalue weighted by atomic mass is 10.3. The molecule has 0 bridgehead atoms. The van der Waals surface area contributed by atoms with Crippen molar-refractivity contribution in [2.45, 2.75) is 12.5 Å². The summed E-state index contributed by atoms with van der Waals surface area (Å²) in [7, 11) is 0. The summed E-state index contributed by atoms with van der Waals surface area (Å²) in [6.07, 6.45) is 1.01. The van der Waals surface area contributed by atoms with E-state index < -0.39 is 0 Å². The van der Waals surface area contributed by atoms with Crippen LogP contribution in [0.25, 0.3) is 0 Å². The molecule has 1 aliphatic rings. The first-order valence-corrected chi connectivity index (χ1v) is 3.31. The summed E-state index contributed by atoms with van der Waals surface area (Å²) in [5.41, 5.74) is 0. The second-order valence-corrected chi connectivity index (χ2v) is 2.67. The Bertz CT molecular complexity index is 40.8. The molecule has 0 saturated carbocycles. The minimum absolute atomic E-state index is 0.00926. The highest BCUT2D eigenvalue weighted by Gasteiger charge is 2.09. The quantitative estimate of drug-likeness (QED) is 0.482. The van der Waals surface area contributed by atoms with Crippen LogP contribution in [0.2, 0.25) is 0 Å². The average Bonchev–Trinajstić information content (AvgIpc) is 1.86. The van der Waals surface area contributed by atoms with Crippen molar-refractivity contribution in [1.82, 2.24) is 0 Å². The zero-order valence-electron chi connectivity index (χ0n) is 3.55. The second-order valence-electron chi connectivity index (χ2n) is 1.52. The monoisotopic (exact) mass is 104 g/mol. The number of aliphatic hydroxyl groups is 1. The summed E-state index contributed by atoms with van der Waals surface area (Å²) >= 11 is 1.83. The topological polar surface area (TPSA) is 20.2 Å². The van der Waals surface area contributed by atoms with Crippen LogP contribution >= 0.6 is 11.8 Å². The summed E-state index contributed by atoms with van der Waals surface area (Å²) in [5.74, 6) is 2.11. The van der Waals surface area contributed by atoms with Gasteiger partial charge < -0.3 is 5.11 Å². The molecule has 1 heterocycles. The van der Waals surface area contributed by atoms with Gasteiger partial charge in [0, 0.05) is 5.75 Å². The molecule has 6 heavy (non-hydrogen) atoms. The van der Waals surface area contributed by atoms with E-state index in [0.717, 1.165) is 17.9 Å². The summed E-state index contributed by atoms with van der Waals surface area (Å²) in [6.45, 7) is 0. The van der Waals surface area contributed by atoms with Crippen molar-refractivity contribution < 1.29 is 5.11 Å². The van der Waals surface area contributed by atoms with Crippen LogP contribution in [0.15, 0.2) is 0 Å². The summed E-state index contributed by atoms with van der Waals surface area (Å²) < 4.78 is 0. The largest absolute Gasteiger partial charge is 0.392 e. The highest BCUT2D eigenvalue weighted by Crippen LogP contribution is 2.15. The normalized spacial score (nSPS) is 34.5. The summed E-state index contributed by atoms with van der Waals surface area (Å²) in [6, 6.07) is 0. The maximum Gasteiger partial charge on any atom is 0.0638 e. The number of hydrogen-bond acceptors (Lipinski definition) is 2. The molecule has 1 saturated heterocycles. The third-order valence-corrected chi connectivity index (χ3v) is 2.05. The first-order chi connectivity index (χ1) is 2.89. The Morgan fingerprint density at radius 3 is 2.67 bits per heavy atom. The Kier molecular flexibility index (Phi) is 1.37. The molecule has 1 rings (SSSR count). The van der Waals surface area contributed by atoms with E-state index in [1.54, 1.807) is 0 Å². The fourth-order valence-corrected chi connectivity index (χ4v) is 1.57. The van der Waals surface area contributed by atoms with Crippen LogP contribution in [0.4, 0.5) is 0 Å². The van der Waals surface area contributed by atoms with Gasteiger partial charge in [-0.25, -0.2) is 0 Å². The molecule has 1 unspecified atom stereocenters. The Labute approximate surface area is 41.7 Å². The number of hydrogen-bond donors (Lipinski definition) is 1. The lowest BCUT2D eigenvalue weighted by molar-refractivity contribution is 0.203. The van der Waals surface area contributed by atoms with Gasteiger partial charge in [0.05, 0.1) is 6.10 Å². The van der Waals surface area contributed by atoms with Crippen molar-refractivity contribution in [2.75, 3.05) is 11.5 Å². The van der Waals surface area contributed by atoms with E-state index in [-0.39, 0.29) is 6.10 Å². The van der Waals surface area contributed by atoms with Crippen molar-refractivity contribution >= 4 is 11.8 Å². The molecule has 0 amide bonds. The predicted molar refractivity (Wildman–Crippen MR) is 27.9 cm³/mol. The molecule has 1 N–H and O–H groups in total. The zero-order chi connectivity index (χ0) is 4.41. The van der Waals surface area contributed by atoms with E-state index in [9.17, 15) is 0 Å². The van der Waals surface area contributed by atoms with Crippen molar-refractivity contribution in [3.8, 4) is 0 Å². The van der Waals surface area contributed by atoms with Crippen molar-refractivity contribution in [3.63, 3.8) is 0 Å². The van der Waals surface area contributed by atoms with Gasteiger partial charge in [-0.1, -0.05) is 0 Å². The van der Waals surface area contributed by atoms with Gasteiger partial charge in [-0.05, 0) is 12.2 Å². The van der Waals surface area contributed by atoms with Gasteiger partial charge in [0.1, 0.15) is 0 Å². The Morgan fingerprint density at radius 2 is 2.50 bits per heavy atom. The smallest absolute Gasteiger partial charge is 0.0638 e. The van der Waals surface area contributed by atoms with E-state index in [0.29, 0.717) is 0 Å². The molecule has 0 aromatic heterocycles. The van der Waals surface area contributed by atoms with E-state index in [2.05, 4.69) is 0 Å². The van der Waals surface area contributed by atoms with E-state index in [1.165, 1.54) is 0 Å². The molecule has 0 aromatic rings. The van der Waals surface area contributed by atoms with E-state index >= 15 is 0 Å². The van der Waals surface area contributed by atoms with Crippen LogP contribution in [-0.2, 0) is 0 Å². The van der Waals surface area contributed by atoms with Crippen molar-refractivity contribution in [2.24, 2.45) is 0 Å². The van der Waals surface area contributed by atoms with Gasteiger partial charge in [-0.15, -0.1) is 0 Å². The third-order valence-electron chi connectivity index (χ3n) is 0.906. The SMILES string of the molecule is OC1CCSC1. The fraction of sp³-hybridized carbons (Fsp3) is 1.00. The Hall–Kier alpha value is 0.310. The van der Waals surface area contributed by atoms with Gasteiger partial charge in [-0.2, -0.15) is 11.8 Å². The minimum Gasteiger partial charge on any atom is -0.392 e. The third kappa shape index (κ3) is 0.884. The minimum atomic E-state index is 0.00926. The van der Waals surface area contributed by atoms with Crippen LogP contribution in [0, 0.1) is 0 Å². The van der Waals surface area contributed by atoms with E-state index in [4.69, 9.17) is 5.11 Å². The van der Waals surface area contributed by atoms with Gasteiger partial charge in [0.2, 0.25) is 0 Å². The molecular weight excluding hydrogens is 96.1 g/mol. The molecule has 2 heteroatoms. The molecule has 36 valence electrons. The maximum absolute atomic E-state index is 8.71. The molecule has 0 spiro atoms. The van der Waals surface area contributed by atoms with Crippen LogP contribution in [0.1, 0.15) is 6.42 Å². The van der Waals surface area contributed by atoms with Crippen LogP contribution in [0.3, 0.4) is 0 Å². The number of rotatable bonds is 0. The van der Waals surface area contributed by atoms with Gasteiger partial charge in [0.25, 0.3) is 0 Å². The molecule has 0 aliphatic carbocycles. The molecule has 1 aliphatic heterocycles. The zero-order valence-corrected chi connectivity index (χ0v) is 4.37. The summed E-state index contributed by atoms with van der Waals surface area (Å²) in [4.78, 5) is 0. The van der Waals surface area contributed by atoms with Gasteiger partial charge in [0.15, 0.2) is 0 Å². The molecule has 1 atom stereocenters. The number of thioether (sulfide) groups is 1. The van der Waals surface area contributed by atoms with Crippen LogP contribution in [0.5, 0.6) is 0 Å². The molecule has 0 radical (unpaired) electrons. The van der Waals surface area contributed by atoms with Gasteiger partial charge >= 0.3 is 0 Å².